The van der Waals surface area contributed by atoms with E-state index in [-0.39, 0.29) is 28.5 Å². The summed E-state index contributed by atoms with van der Waals surface area (Å²) in [4.78, 5) is 22.1. The van der Waals surface area contributed by atoms with Crippen LogP contribution in [-0.2, 0) is 26.1 Å². The third-order valence-corrected chi connectivity index (χ3v) is 6.22. The molecule has 0 aliphatic carbocycles. The van der Waals surface area contributed by atoms with Crippen molar-refractivity contribution < 1.29 is 27.3 Å². The van der Waals surface area contributed by atoms with Crippen LogP contribution in [0.15, 0.2) is 51.8 Å². The number of hydrogen-bond donors (Lipinski definition) is 0. The summed E-state index contributed by atoms with van der Waals surface area (Å²) >= 11 is 0.871. The minimum atomic E-state index is -4.21. The summed E-state index contributed by atoms with van der Waals surface area (Å²) in [6.45, 7) is 1.43. The topological polar surface area (TPSA) is 121 Å². The average Bonchev–Trinajstić information content (AvgIpc) is 2.98. The summed E-state index contributed by atoms with van der Waals surface area (Å²) in [6.07, 6.45) is 0. The number of ether oxygens (including phenoxy) is 1. The van der Waals surface area contributed by atoms with Crippen LogP contribution in [0.4, 0.5) is 10.1 Å². The highest BCUT2D eigenvalue weighted by Crippen LogP contribution is 2.24. The molecule has 0 saturated carbocycles. The molecule has 0 aliphatic heterocycles. The predicted octanol–water partition coefficient (Wildman–Crippen LogP) is 2.60. The lowest BCUT2D eigenvalue weighted by Crippen LogP contribution is -2.23. The highest BCUT2D eigenvalue weighted by atomic mass is 32.2. The zero-order chi connectivity index (χ0) is 21.2. The van der Waals surface area contributed by atoms with E-state index in [2.05, 4.69) is 4.40 Å². The van der Waals surface area contributed by atoms with E-state index < -0.39 is 26.7 Å². The van der Waals surface area contributed by atoms with Crippen molar-refractivity contribution in [2.75, 3.05) is 6.61 Å². The van der Waals surface area contributed by atoms with Gasteiger partial charge in [-0.25, -0.2) is 4.39 Å². The number of halogens is 1. The number of nitro groups is 1. The van der Waals surface area contributed by atoms with Gasteiger partial charge in [-0.05, 0) is 37.3 Å². The van der Waals surface area contributed by atoms with Gasteiger partial charge in [-0.3, -0.25) is 14.9 Å². The fourth-order valence-electron chi connectivity index (χ4n) is 2.50. The highest BCUT2D eigenvalue weighted by molar-refractivity contribution is 7.90. The molecule has 0 saturated heterocycles. The molecule has 29 heavy (non-hydrogen) atoms. The molecule has 0 atom stereocenters. The van der Waals surface area contributed by atoms with Crippen LogP contribution in [0, 0.1) is 15.9 Å². The number of rotatable bonds is 6. The Morgan fingerprint density at radius 3 is 2.59 bits per heavy atom. The minimum absolute atomic E-state index is 0.0714. The molecule has 2 aromatic carbocycles. The molecular weight excluding hydrogens is 425 g/mol. The van der Waals surface area contributed by atoms with Crippen LogP contribution in [0.3, 0.4) is 0 Å². The fraction of sp³-hybridized carbons (Fsp3) is 0.176. The number of aromatic nitrogens is 1. The van der Waals surface area contributed by atoms with Gasteiger partial charge in [0.2, 0.25) is 4.80 Å². The average molecular weight is 439 g/mol. The molecule has 1 aromatic heterocycles. The maximum atomic E-state index is 13.1. The number of carbonyl (C=O) groups is 1. The Hall–Kier alpha value is -3.12. The zero-order valence-electron chi connectivity index (χ0n) is 14.9. The summed E-state index contributed by atoms with van der Waals surface area (Å²) in [5.41, 5.74) is 0.205. The zero-order valence-corrected chi connectivity index (χ0v) is 16.6. The highest BCUT2D eigenvalue weighted by Gasteiger charge is 2.18. The largest absolute Gasteiger partial charge is 0.465 e. The molecule has 0 fully saturated rings. The van der Waals surface area contributed by atoms with Crippen molar-refractivity contribution >= 4 is 43.2 Å². The first kappa shape index (κ1) is 20.6. The number of hydrogen-bond acceptors (Lipinski definition) is 7. The summed E-state index contributed by atoms with van der Waals surface area (Å²) in [5, 5.41) is 11.0. The van der Waals surface area contributed by atoms with Gasteiger partial charge >= 0.3 is 5.97 Å². The van der Waals surface area contributed by atoms with Crippen LogP contribution in [-0.4, -0.2) is 30.5 Å². The summed E-state index contributed by atoms with van der Waals surface area (Å²) in [6, 6.07) is 8.05. The first-order chi connectivity index (χ1) is 13.7. The first-order valence-electron chi connectivity index (χ1n) is 8.21. The summed E-state index contributed by atoms with van der Waals surface area (Å²) < 4.78 is 48.7. The Balaban J connectivity index is 2.21. The molecule has 0 bridgehead atoms. The number of esters is 1. The molecule has 0 N–H and O–H groups in total. The van der Waals surface area contributed by atoms with E-state index in [1.54, 1.807) is 6.92 Å². The molecule has 3 rings (SSSR count). The van der Waals surface area contributed by atoms with Crippen molar-refractivity contribution in [1.29, 1.82) is 0 Å². The number of benzene rings is 2. The van der Waals surface area contributed by atoms with E-state index in [0.29, 0.717) is 10.2 Å². The van der Waals surface area contributed by atoms with Gasteiger partial charge in [-0.2, -0.15) is 8.42 Å². The van der Waals surface area contributed by atoms with Crippen molar-refractivity contribution in [1.82, 2.24) is 4.57 Å². The van der Waals surface area contributed by atoms with Gasteiger partial charge in [0.15, 0.2) is 0 Å². The van der Waals surface area contributed by atoms with Crippen molar-refractivity contribution in [2.45, 2.75) is 18.4 Å². The van der Waals surface area contributed by atoms with Gasteiger partial charge in [-0.1, -0.05) is 11.3 Å². The molecule has 9 nitrogen and oxygen atoms in total. The van der Waals surface area contributed by atoms with Gasteiger partial charge in [0.1, 0.15) is 12.4 Å². The van der Waals surface area contributed by atoms with Crippen LogP contribution < -0.4 is 4.80 Å². The molecule has 12 heteroatoms. The Morgan fingerprint density at radius 2 is 1.97 bits per heavy atom. The van der Waals surface area contributed by atoms with Crippen LogP contribution in [0.2, 0.25) is 0 Å². The smallest absolute Gasteiger partial charge is 0.326 e. The number of fused-ring (bicyclic) bond motifs is 1. The number of sulfonamides is 1. The number of nitro benzene ring substituents is 1. The number of carbonyl (C=O) groups excluding carboxylic acids is 1. The second kappa shape index (κ2) is 8.09. The molecule has 152 valence electrons. The number of nitrogens with zero attached hydrogens (tertiary/aromatic N) is 3. The van der Waals surface area contributed by atoms with Crippen LogP contribution in [0.25, 0.3) is 10.2 Å². The Kier molecular flexibility index (Phi) is 5.75. The number of thiazole rings is 1. The monoisotopic (exact) mass is 439 g/mol. The van der Waals surface area contributed by atoms with Crippen molar-refractivity contribution in [3.8, 4) is 0 Å². The van der Waals surface area contributed by atoms with E-state index in [1.165, 1.54) is 22.8 Å². The molecule has 0 amide bonds. The molecule has 0 aliphatic rings. The van der Waals surface area contributed by atoms with Gasteiger partial charge in [-0.15, -0.1) is 4.40 Å². The second-order valence-corrected chi connectivity index (χ2v) is 8.32. The SMILES string of the molecule is CCOC(=O)Cn1/c(=N/S(=O)(=O)c2ccc(F)cc2)sc2cc([N+](=O)[O-])ccc21. The van der Waals surface area contributed by atoms with Gasteiger partial charge in [0, 0.05) is 12.1 Å². The first-order valence-corrected chi connectivity index (χ1v) is 10.5. The number of non-ortho nitro benzene ring substituents is 1. The van der Waals surface area contributed by atoms with Gasteiger partial charge in [0.25, 0.3) is 15.7 Å². The third kappa shape index (κ3) is 4.49. The maximum Gasteiger partial charge on any atom is 0.326 e. The van der Waals surface area contributed by atoms with Crippen molar-refractivity contribution in [2.24, 2.45) is 4.40 Å². The summed E-state index contributed by atoms with van der Waals surface area (Å²) in [5.74, 6) is -1.22. The van der Waals surface area contributed by atoms with Crippen LogP contribution >= 0.6 is 11.3 Å². The Bertz CT molecular complexity index is 1260. The minimum Gasteiger partial charge on any atom is -0.465 e. The predicted molar refractivity (Wildman–Crippen MR) is 102 cm³/mol. The quantitative estimate of drug-likeness (QED) is 0.331. The van der Waals surface area contributed by atoms with E-state index in [1.807, 2.05) is 0 Å². The lowest BCUT2D eigenvalue weighted by Gasteiger charge is -2.05. The molecule has 0 spiro atoms. The van der Waals surface area contributed by atoms with Gasteiger partial charge in [0.05, 0.1) is 26.6 Å². The van der Waals surface area contributed by atoms with Crippen LogP contribution in [0.5, 0.6) is 0 Å². The van der Waals surface area contributed by atoms with E-state index in [4.69, 9.17) is 4.74 Å². The fourth-order valence-corrected chi connectivity index (χ4v) is 4.76. The molecule has 1 heterocycles. The van der Waals surface area contributed by atoms with E-state index in [9.17, 15) is 27.7 Å². The summed E-state index contributed by atoms with van der Waals surface area (Å²) in [7, 11) is -4.21. The maximum absolute atomic E-state index is 13.1. The molecule has 0 radical (unpaired) electrons. The standard InChI is InChI=1S/C17H14FN3O6S2/c1-2-27-16(22)10-20-14-8-5-12(21(23)24)9-15(14)28-17(20)19-29(25,26)13-6-3-11(18)4-7-13/h3-9H,2,10H2,1H3/b19-17-. The van der Waals surface area contributed by atoms with E-state index >= 15 is 0 Å². The van der Waals surface area contributed by atoms with E-state index in [0.717, 1.165) is 35.6 Å². The Labute approximate surface area is 167 Å². The lowest BCUT2D eigenvalue weighted by atomic mass is 10.3. The molecule has 3 aromatic rings. The third-order valence-electron chi connectivity index (χ3n) is 3.78. The lowest BCUT2D eigenvalue weighted by molar-refractivity contribution is -0.384. The van der Waals surface area contributed by atoms with Gasteiger partial charge < -0.3 is 9.30 Å². The Morgan fingerprint density at radius 1 is 1.28 bits per heavy atom. The molecular formula is C17H14FN3O6S2. The van der Waals surface area contributed by atoms with Crippen molar-refractivity contribution in [3.63, 3.8) is 0 Å². The second-order valence-electron chi connectivity index (χ2n) is 5.71. The van der Waals surface area contributed by atoms with Crippen molar-refractivity contribution in [3.05, 3.63) is 63.2 Å². The van der Waals surface area contributed by atoms with Crippen LogP contribution in [0.1, 0.15) is 6.92 Å². The normalized spacial score (nSPS) is 12.3. The molecule has 0 unspecified atom stereocenters.